The highest BCUT2D eigenvalue weighted by atomic mass is 16.2. The zero-order valence-electron chi connectivity index (χ0n) is 14.7. The minimum Gasteiger partial charge on any atom is -0.353 e. The zero-order chi connectivity index (χ0) is 17.2. The van der Waals surface area contributed by atoms with E-state index in [2.05, 4.69) is 22.3 Å². The van der Waals surface area contributed by atoms with Crippen molar-refractivity contribution in [1.82, 2.24) is 15.1 Å². The summed E-state index contributed by atoms with van der Waals surface area (Å²) in [7, 11) is 0. The number of hydrogen-bond donors (Lipinski definition) is 1. The molecule has 0 spiro atoms. The van der Waals surface area contributed by atoms with Gasteiger partial charge in [0.2, 0.25) is 5.91 Å². The molecule has 0 aromatic heterocycles. The summed E-state index contributed by atoms with van der Waals surface area (Å²) < 4.78 is 0. The van der Waals surface area contributed by atoms with Gasteiger partial charge in [-0.05, 0) is 50.0 Å². The van der Waals surface area contributed by atoms with Crippen LogP contribution < -0.4 is 5.32 Å². The Morgan fingerprint density at radius 3 is 2.60 bits per heavy atom. The standard InChI is InChI=1S/C20H27N3O2/c24-19-12-17-14-23(11-8-18(17)21-19)20(25)16-6-4-15(5-7-16)13-22-9-2-1-3-10-22/h4-7,17-18H,1-3,8-14H2,(H,21,24)/t17-,18+/m1/s1. The van der Waals surface area contributed by atoms with Gasteiger partial charge in [0.1, 0.15) is 0 Å². The van der Waals surface area contributed by atoms with Crippen LogP contribution in [0.2, 0.25) is 0 Å². The molecule has 25 heavy (non-hydrogen) atoms. The maximum Gasteiger partial charge on any atom is 0.253 e. The van der Waals surface area contributed by atoms with Gasteiger partial charge in [-0.15, -0.1) is 0 Å². The van der Waals surface area contributed by atoms with E-state index in [1.54, 1.807) is 0 Å². The number of carbonyl (C=O) groups is 2. The van der Waals surface area contributed by atoms with Crippen LogP contribution in [0.5, 0.6) is 0 Å². The average molecular weight is 341 g/mol. The van der Waals surface area contributed by atoms with E-state index >= 15 is 0 Å². The first-order valence-corrected chi connectivity index (χ1v) is 9.59. The zero-order valence-corrected chi connectivity index (χ0v) is 14.7. The Hall–Kier alpha value is -1.88. The summed E-state index contributed by atoms with van der Waals surface area (Å²) in [6.45, 7) is 4.77. The third kappa shape index (κ3) is 3.71. The van der Waals surface area contributed by atoms with Gasteiger partial charge in [-0.25, -0.2) is 0 Å². The van der Waals surface area contributed by atoms with Gasteiger partial charge in [-0.1, -0.05) is 18.6 Å². The molecule has 1 aromatic rings. The lowest BCUT2D eigenvalue weighted by atomic mass is 9.93. The van der Waals surface area contributed by atoms with Crippen molar-refractivity contribution in [3.05, 3.63) is 35.4 Å². The maximum absolute atomic E-state index is 12.8. The number of nitrogens with zero attached hydrogens (tertiary/aromatic N) is 2. The molecule has 3 saturated heterocycles. The van der Waals surface area contributed by atoms with Gasteiger partial charge >= 0.3 is 0 Å². The fraction of sp³-hybridized carbons (Fsp3) is 0.600. The SMILES string of the molecule is O=C1C[C@@H]2CN(C(=O)c3ccc(CN4CCCCC4)cc3)CC[C@@H]2N1. The van der Waals surface area contributed by atoms with E-state index in [1.165, 1.54) is 37.9 Å². The van der Waals surface area contributed by atoms with E-state index in [0.717, 1.165) is 25.1 Å². The van der Waals surface area contributed by atoms with Gasteiger partial charge in [0.15, 0.2) is 0 Å². The van der Waals surface area contributed by atoms with Crippen molar-refractivity contribution >= 4 is 11.8 Å². The fourth-order valence-electron chi connectivity index (χ4n) is 4.43. The summed E-state index contributed by atoms with van der Waals surface area (Å²) in [5, 5.41) is 3.02. The van der Waals surface area contributed by atoms with Crippen LogP contribution >= 0.6 is 0 Å². The van der Waals surface area contributed by atoms with Crippen LogP contribution in [0.15, 0.2) is 24.3 Å². The van der Waals surface area contributed by atoms with Crippen molar-refractivity contribution in [3.63, 3.8) is 0 Å². The van der Waals surface area contributed by atoms with Gasteiger partial charge in [-0.3, -0.25) is 14.5 Å². The molecule has 3 fully saturated rings. The van der Waals surface area contributed by atoms with Crippen LogP contribution in [0.1, 0.15) is 48.0 Å². The molecule has 0 saturated carbocycles. The Kier molecular flexibility index (Phi) is 4.75. The minimum absolute atomic E-state index is 0.0994. The number of piperidine rings is 2. The van der Waals surface area contributed by atoms with Crippen LogP contribution in [0.25, 0.3) is 0 Å². The topological polar surface area (TPSA) is 52.7 Å². The number of rotatable bonds is 3. The lowest BCUT2D eigenvalue weighted by molar-refractivity contribution is -0.119. The van der Waals surface area contributed by atoms with E-state index in [1.807, 2.05) is 17.0 Å². The van der Waals surface area contributed by atoms with Crippen molar-refractivity contribution in [2.24, 2.45) is 5.92 Å². The highest BCUT2D eigenvalue weighted by Crippen LogP contribution is 2.26. The molecule has 5 heteroatoms. The van der Waals surface area contributed by atoms with Crippen molar-refractivity contribution in [3.8, 4) is 0 Å². The van der Waals surface area contributed by atoms with Crippen molar-refractivity contribution < 1.29 is 9.59 Å². The van der Waals surface area contributed by atoms with Crippen molar-refractivity contribution in [2.45, 2.75) is 44.7 Å². The molecule has 134 valence electrons. The van der Waals surface area contributed by atoms with Crippen LogP contribution in [-0.4, -0.2) is 53.8 Å². The lowest BCUT2D eigenvalue weighted by Crippen LogP contribution is -2.47. The van der Waals surface area contributed by atoms with Crippen LogP contribution in [0.4, 0.5) is 0 Å². The molecule has 4 rings (SSSR count). The lowest BCUT2D eigenvalue weighted by Gasteiger charge is -2.34. The second-order valence-corrected chi connectivity index (χ2v) is 7.71. The molecule has 3 heterocycles. The molecule has 3 aliphatic heterocycles. The maximum atomic E-state index is 12.8. The summed E-state index contributed by atoms with van der Waals surface area (Å²) in [5.74, 6) is 0.511. The first kappa shape index (κ1) is 16.6. The molecule has 0 unspecified atom stereocenters. The molecule has 0 aliphatic carbocycles. The van der Waals surface area contributed by atoms with E-state index < -0.39 is 0 Å². The summed E-state index contributed by atoms with van der Waals surface area (Å²) in [4.78, 5) is 28.7. The predicted molar refractivity (Wildman–Crippen MR) is 96.1 cm³/mol. The minimum atomic E-state index is 0.0994. The van der Waals surface area contributed by atoms with Gasteiger partial charge in [-0.2, -0.15) is 0 Å². The Morgan fingerprint density at radius 2 is 1.84 bits per heavy atom. The largest absolute Gasteiger partial charge is 0.353 e. The third-order valence-electron chi connectivity index (χ3n) is 5.87. The summed E-state index contributed by atoms with van der Waals surface area (Å²) in [6.07, 6.45) is 5.37. The van der Waals surface area contributed by atoms with E-state index in [0.29, 0.717) is 13.0 Å². The molecule has 0 bridgehead atoms. The fourth-order valence-corrected chi connectivity index (χ4v) is 4.43. The highest BCUT2D eigenvalue weighted by molar-refractivity contribution is 5.94. The second kappa shape index (κ2) is 7.16. The highest BCUT2D eigenvalue weighted by Gasteiger charge is 2.38. The molecule has 1 N–H and O–H groups in total. The van der Waals surface area contributed by atoms with E-state index in [-0.39, 0.29) is 23.8 Å². The molecular weight excluding hydrogens is 314 g/mol. The molecule has 0 radical (unpaired) electrons. The number of likely N-dealkylation sites (tertiary alicyclic amines) is 2. The van der Waals surface area contributed by atoms with E-state index in [9.17, 15) is 9.59 Å². The Balaban J connectivity index is 1.36. The summed E-state index contributed by atoms with van der Waals surface area (Å²) in [6, 6.07) is 8.38. The Morgan fingerprint density at radius 1 is 1.08 bits per heavy atom. The van der Waals surface area contributed by atoms with Crippen LogP contribution in [-0.2, 0) is 11.3 Å². The third-order valence-corrected chi connectivity index (χ3v) is 5.87. The number of benzene rings is 1. The predicted octanol–water partition coefficient (Wildman–Crippen LogP) is 2.02. The number of amides is 2. The van der Waals surface area contributed by atoms with Crippen LogP contribution in [0, 0.1) is 5.92 Å². The van der Waals surface area contributed by atoms with E-state index in [4.69, 9.17) is 0 Å². The number of carbonyl (C=O) groups excluding carboxylic acids is 2. The van der Waals surface area contributed by atoms with Crippen molar-refractivity contribution in [1.29, 1.82) is 0 Å². The normalized spacial score (nSPS) is 27.0. The number of fused-ring (bicyclic) bond motifs is 1. The van der Waals surface area contributed by atoms with Gasteiger partial charge in [0, 0.05) is 43.6 Å². The quantitative estimate of drug-likeness (QED) is 0.915. The monoisotopic (exact) mass is 341 g/mol. The van der Waals surface area contributed by atoms with Gasteiger partial charge in [0.25, 0.3) is 5.91 Å². The smallest absolute Gasteiger partial charge is 0.253 e. The van der Waals surface area contributed by atoms with Gasteiger partial charge in [0.05, 0.1) is 0 Å². The first-order valence-electron chi connectivity index (χ1n) is 9.59. The average Bonchev–Trinajstić information content (AvgIpc) is 3.02. The molecule has 5 nitrogen and oxygen atoms in total. The molecule has 2 atom stereocenters. The first-order chi connectivity index (χ1) is 12.2. The van der Waals surface area contributed by atoms with Gasteiger partial charge < -0.3 is 10.2 Å². The Bertz CT molecular complexity index is 637. The number of hydrogen-bond acceptors (Lipinski definition) is 3. The molecule has 2 amide bonds. The number of nitrogens with one attached hydrogen (secondary N) is 1. The van der Waals surface area contributed by atoms with Crippen LogP contribution in [0.3, 0.4) is 0 Å². The van der Waals surface area contributed by atoms with Crippen molar-refractivity contribution in [2.75, 3.05) is 26.2 Å². The molecule has 1 aromatic carbocycles. The summed E-state index contributed by atoms with van der Waals surface area (Å²) >= 11 is 0. The summed E-state index contributed by atoms with van der Waals surface area (Å²) in [5.41, 5.74) is 2.04. The molecule has 3 aliphatic rings. The second-order valence-electron chi connectivity index (χ2n) is 7.71. The Labute approximate surface area is 149 Å². The molecular formula is C20H27N3O2.